The first-order chi connectivity index (χ1) is 15.4. The zero-order chi connectivity index (χ0) is 24.4. The second-order valence-corrected chi connectivity index (χ2v) is 11.0. The van der Waals surface area contributed by atoms with Gasteiger partial charge in [-0.1, -0.05) is 51.4 Å². The first-order valence-electron chi connectivity index (χ1n) is 12.0. The molecule has 3 amide bonds. The van der Waals surface area contributed by atoms with E-state index in [4.69, 9.17) is 11.6 Å². The highest BCUT2D eigenvalue weighted by Gasteiger charge is 2.50. The van der Waals surface area contributed by atoms with Gasteiger partial charge in [0.25, 0.3) is 0 Å². The summed E-state index contributed by atoms with van der Waals surface area (Å²) in [4.78, 5) is 27.8. The lowest BCUT2D eigenvalue weighted by molar-refractivity contribution is -0.155. The third-order valence-electron chi connectivity index (χ3n) is 7.33. The molecule has 2 fully saturated rings. The second kappa shape index (κ2) is 10.2. The summed E-state index contributed by atoms with van der Waals surface area (Å²) >= 11 is 6.02. The van der Waals surface area contributed by atoms with E-state index in [1.54, 1.807) is 17.0 Å². The molecule has 0 radical (unpaired) electrons. The lowest BCUT2D eigenvalue weighted by Crippen LogP contribution is -2.61. The zero-order valence-corrected chi connectivity index (χ0v) is 20.9. The molecular formula is C25H38ClN3O4. The van der Waals surface area contributed by atoms with Crippen molar-refractivity contribution in [1.82, 2.24) is 15.5 Å². The predicted octanol–water partition coefficient (Wildman–Crippen LogP) is 3.41. The maximum Gasteiger partial charge on any atom is 0.315 e. The fraction of sp³-hybridized carbons (Fsp3) is 0.680. The Morgan fingerprint density at radius 1 is 1.12 bits per heavy atom. The van der Waals surface area contributed by atoms with E-state index >= 15 is 0 Å². The fourth-order valence-electron chi connectivity index (χ4n) is 5.07. The fourth-order valence-corrected chi connectivity index (χ4v) is 5.20. The Kier molecular flexibility index (Phi) is 7.97. The highest BCUT2D eigenvalue weighted by Crippen LogP contribution is 2.46. The van der Waals surface area contributed by atoms with Gasteiger partial charge in [0.1, 0.15) is 6.04 Å². The number of aliphatic hydroxyl groups is 2. The molecule has 4 N–H and O–H groups in total. The Morgan fingerprint density at radius 3 is 2.27 bits per heavy atom. The maximum absolute atomic E-state index is 13.4. The number of piperidine rings is 1. The van der Waals surface area contributed by atoms with Crippen LogP contribution >= 0.6 is 11.6 Å². The standard InChI is InChI=1S/C25H38ClN3O4/c1-16(2)21(28-23(32)27-19-9-11-20(30)12-10-19)22(31)29-14-13-25(33,24(3,4)15-29)17-5-7-18(26)8-6-17/h5-8,16,19-21,30,33H,9-15H2,1-4H3,(H2,27,28,32)/t19-,20-,21-,25+/m1/s1. The van der Waals surface area contributed by atoms with Gasteiger partial charge in [-0.3, -0.25) is 4.79 Å². The minimum Gasteiger partial charge on any atom is -0.393 e. The number of nitrogens with zero attached hydrogens (tertiary/aromatic N) is 1. The smallest absolute Gasteiger partial charge is 0.315 e. The highest BCUT2D eigenvalue weighted by atomic mass is 35.5. The molecule has 2 atom stereocenters. The van der Waals surface area contributed by atoms with Crippen molar-refractivity contribution >= 4 is 23.5 Å². The van der Waals surface area contributed by atoms with E-state index in [0.29, 0.717) is 37.4 Å². The van der Waals surface area contributed by atoms with Gasteiger partial charge in [-0.05, 0) is 55.7 Å². The maximum atomic E-state index is 13.4. The van der Waals surface area contributed by atoms with E-state index < -0.39 is 17.1 Å². The van der Waals surface area contributed by atoms with E-state index in [1.807, 2.05) is 39.8 Å². The van der Waals surface area contributed by atoms with Gasteiger partial charge in [-0.15, -0.1) is 0 Å². The van der Waals surface area contributed by atoms with Gasteiger partial charge in [0.2, 0.25) is 5.91 Å². The number of aliphatic hydroxyl groups excluding tert-OH is 1. The SMILES string of the molecule is CC(C)[C@@H](NC(=O)N[C@H]1CC[C@H](O)CC1)C(=O)N1CC[C@](O)(c2ccc(Cl)cc2)C(C)(C)C1. The number of halogens is 1. The van der Waals surface area contributed by atoms with Crippen LogP contribution in [0.15, 0.2) is 24.3 Å². The van der Waals surface area contributed by atoms with Crippen LogP contribution in [0.25, 0.3) is 0 Å². The van der Waals surface area contributed by atoms with Crippen LogP contribution in [0.5, 0.6) is 0 Å². The molecule has 1 aliphatic heterocycles. The van der Waals surface area contributed by atoms with Crippen molar-refractivity contribution in [2.24, 2.45) is 11.3 Å². The van der Waals surface area contributed by atoms with Crippen LogP contribution in [0.2, 0.25) is 5.02 Å². The van der Waals surface area contributed by atoms with Crippen LogP contribution in [-0.4, -0.2) is 58.3 Å². The molecule has 0 spiro atoms. The lowest BCUT2D eigenvalue weighted by atomic mass is 9.66. The molecule has 8 heteroatoms. The van der Waals surface area contributed by atoms with Crippen LogP contribution in [0.4, 0.5) is 4.79 Å². The Morgan fingerprint density at radius 2 is 1.73 bits per heavy atom. The molecule has 2 aliphatic rings. The molecule has 7 nitrogen and oxygen atoms in total. The van der Waals surface area contributed by atoms with Gasteiger partial charge in [-0.25, -0.2) is 4.79 Å². The van der Waals surface area contributed by atoms with Crippen molar-refractivity contribution in [3.63, 3.8) is 0 Å². The summed E-state index contributed by atoms with van der Waals surface area (Å²) < 4.78 is 0. The van der Waals surface area contributed by atoms with Crippen LogP contribution in [0, 0.1) is 11.3 Å². The number of urea groups is 1. The van der Waals surface area contributed by atoms with Crippen molar-refractivity contribution in [1.29, 1.82) is 0 Å². The van der Waals surface area contributed by atoms with Crippen molar-refractivity contribution < 1.29 is 19.8 Å². The normalized spacial score (nSPS) is 28.3. The Balaban J connectivity index is 1.65. The van der Waals surface area contributed by atoms with Crippen LogP contribution in [-0.2, 0) is 10.4 Å². The summed E-state index contributed by atoms with van der Waals surface area (Å²) in [6.45, 7) is 8.52. The molecule has 0 aromatic heterocycles. The molecular weight excluding hydrogens is 442 g/mol. The van der Waals surface area contributed by atoms with Gasteiger partial charge in [-0.2, -0.15) is 0 Å². The van der Waals surface area contributed by atoms with E-state index in [0.717, 1.165) is 18.4 Å². The van der Waals surface area contributed by atoms with Gasteiger partial charge >= 0.3 is 6.03 Å². The topological polar surface area (TPSA) is 102 Å². The van der Waals surface area contributed by atoms with Crippen molar-refractivity contribution in [3.05, 3.63) is 34.9 Å². The summed E-state index contributed by atoms with van der Waals surface area (Å²) in [6.07, 6.45) is 2.93. The summed E-state index contributed by atoms with van der Waals surface area (Å²) in [5.74, 6) is -0.220. The predicted molar refractivity (Wildman–Crippen MR) is 129 cm³/mol. The van der Waals surface area contributed by atoms with Crippen LogP contribution in [0.1, 0.15) is 65.4 Å². The molecule has 33 heavy (non-hydrogen) atoms. The summed E-state index contributed by atoms with van der Waals surface area (Å²) in [5.41, 5.74) is -0.890. The van der Waals surface area contributed by atoms with Crippen molar-refractivity contribution in [2.75, 3.05) is 13.1 Å². The zero-order valence-electron chi connectivity index (χ0n) is 20.1. The van der Waals surface area contributed by atoms with Crippen molar-refractivity contribution in [2.45, 2.75) is 83.6 Å². The number of carbonyl (C=O) groups is 2. The lowest BCUT2D eigenvalue weighted by Gasteiger charge is -2.51. The van der Waals surface area contributed by atoms with Crippen molar-refractivity contribution in [3.8, 4) is 0 Å². The number of amides is 3. The number of benzene rings is 1. The summed E-state index contributed by atoms with van der Waals surface area (Å²) in [6, 6.07) is 6.23. The molecule has 1 heterocycles. The first-order valence-corrected chi connectivity index (χ1v) is 12.3. The van der Waals surface area contributed by atoms with Gasteiger partial charge < -0.3 is 25.7 Å². The highest BCUT2D eigenvalue weighted by molar-refractivity contribution is 6.30. The van der Waals surface area contributed by atoms with Gasteiger partial charge in [0.15, 0.2) is 0 Å². The van der Waals surface area contributed by atoms with E-state index in [9.17, 15) is 19.8 Å². The summed E-state index contributed by atoms with van der Waals surface area (Å²) in [5, 5.41) is 27.7. The molecule has 1 aromatic carbocycles. The van der Waals surface area contributed by atoms with Crippen LogP contribution < -0.4 is 10.6 Å². The average molecular weight is 480 g/mol. The number of hydrogen-bond acceptors (Lipinski definition) is 4. The number of rotatable bonds is 5. The van der Waals surface area contributed by atoms with E-state index in [1.165, 1.54) is 0 Å². The largest absolute Gasteiger partial charge is 0.393 e. The number of likely N-dealkylation sites (tertiary alicyclic amines) is 1. The molecule has 1 saturated carbocycles. The monoisotopic (exact) mass is 479 g/mol. The molecule has 1 aliphatic carbocycles. The first kappa shape index (κ1) is 25.8. The van der Waals surface area contributed by atoms with E-state index in [-0.39, 0.29) is 30.0 Å². The third kappa shape index (κ3) is 5.81. The summed E-state index contributed by atoms with van der Waals surface area (Å²) in [7, 11) is 0. The molecule has 3 rings (SSSR count). The average Bonchev–Trinajstić information content (AvgIpc) is 2.75. The molecule has 1 saturated heterocycles. The van der Waals surface area contributed by atoms with Gasteiger partial charge in [0, 0.05) is 29.6 Å². The minimum absolute atomic E-state index is 0.0135. The Bertz CT molecular complexity index is 837. The quantitative estimate of drug-likeness (QED) is 0.519. The second-order valence-electron chi connectivity index (χ2n) is 10.6. The molecule has 1 aromatic rings. The Labute approximate surface area is 201 Å². The number of nitrogens with one attached hydrogen (secondary N) is 2. The van der Waals surface area contributed by atoms with Crippen LogP contribution in [0.3, 0.4) is 0 Å². The van der Waals surface area contributed by atoms with E-state index in [2.05, 4.69) is 10.6 Å². The Hall–Kier alpha value is -1.83. The minimum atomic E-state index is -1.09. The van der Waals surface area contributed by atoms with Gasteiger partial charge in [0.05, 0.1) is 11.7 Å². The molecule has 0 unspecified atom stereocenters. The molecule has 0 bridgehead atoms. The molecule has 184 valence electrons. The number of hydrogen-bond donors (Lipinski definition) is 4. The third-order valence-corrected chi connectivity index (χ3v) is 7.59. The number of carbonyl (C=O) groups excluding carboxylic acids is 2.